The molecular weight excluding hydrogens is 246 g/mol. The van der Waals surface area contributed by atoms with Crippen LogP contribution < -0.4 is 15.5 Å². The van der Waals surface area contributed by atoms with Gasteiger partial charge in [0.15, 0.2) is 5.11 Å². The maximum atomic E-state index is 5.14. The molecule has 1 aromatic heterocycles. The molecule has 1 saturated heterocycles. The molecule has 0 unspecified atom stereocenters. The largest absolute Gasteiger partial charge is 0.363 e. The van der Waals surface area contributed by atoms with E-state index in [2.05, 4.69) is 25.5 Å². The number of thiocarbonyl (C=S) groups is 1. The van der Waals surface area contributed by atoms with Crippen molar-refractivity contribution in [1.29, 1.82) is 0 Å². The predicted molar refractivity (Wildman–Crippen MR) is 78.1 cm³/mol. The van der Waals surface area contributed by atoms with Gasteiger partial charge in [-0.15, -0.1) is 0 Å². The van der Waals surface area contributed by atoms with Crippen molar-refractivity contribution in [2.75, 3.05) is 29.9 Å². The molecule has 5 nitrogen and oxygen atoms in total. The molecule has 6 heteroatoms. The van der Waals surface area contributed by atoms with Crippen molar-refractivity contribution in [3.8, 4) is 0 Å². The minimum Gasteiger partial charge on any atom is -0.363 e. The third-order valence-electron chi connectivity index (χ3n) is 2.83. The van der Waals surface area contributed by atoms with Gasteiger partial charge in [-0.25, -0.2) is 4.98 Å². The van der Waals surface area contributed by atoms with Crippen molar-refractivity contribution in [1.82, 2.24) is 15.3 Å². The Bertz CT molecular complexity index is 428. The molecule has 0 spiro atoms. The van der Waals surface area contributed by atoms with Gasteiger partial charge in [0.1, 0.15) is 5.82 Å². The third-order valence-corrected chi connectivity index (χ3v) is 3.08. The van der Waals surface area contributed by atoms with Crippen molar-refractivity contribution < 1.29 is 0 Å². The molecule has 1 aliphatic heterocycles. The molecule has 0 aliphatic carbocycles. The van der Waals surface area contributed by atoms with E-state index >= 15 is 0 Å². The van der Waals surface area contributed by atoms with Crippen molar-refractivity contribution in [2.24, 2.45) is 0 Å². The lowest BCUT2D eigenvalue weighted by atomic mass is 10.4. The van der Waals surface area contributed by atoms with E-state index in [-0.39, 0.29) is 0 Å². The first-order valence-corrected chi connectivity index (χ1v) is 6.75. The summed E-state index contributed by atoms with van der Waals surface area (Å²) in [7, 11) is 0. The second-order valence-corrected chi connectivity index (χ2v) is 4.78. The van der Waals surface area contributed by atoms with Crippen molar-refractivity contribution in [3.05, 3.63) is 11.8 Å². The van der Waals surface area contributed by atoms with E-state index in [1.165, 1.54) is 12.8 Å². The summed E-state index contributed by atoms with van der Waals surface area (Å²) in [6, 6.07) is 2.02. The Balaban J connectivity index is 2.13. The van der Waals surface area contributed by atoms with Crippen LogP contribution in [-0.4, -0.2) is 34.7 Å². The highest BCUT2D eigenvalue weighted by Gasteiger charge is 2.15. The molecule has 0 radical (unpaired) electrons. The Hall–Kier alpha value is -1.43. The Morgan fingerprint density at radius 1 is 1.39 bits per heavy atom. The highest BCUT2D eigenvalue weighted by molar-refractivity contribution is 7.80. The fraction of sp³-hybridized carbons (Fsp3) is 0.583. The van der Waals surface area contributed by atoms with Gasteiger partial charge in [0.05, 0.1) is 0 Å². The first kappa shape index (κ1) is 13.0. The number of aromatic nitrogens is 2. The van der Waals surface area contributed by atoms with Gasteiger partial charge in [0, 0.05) is 31.4 Å². The summed E-state index contributed by atoms with van der Waals surface area (Å²) in [6.07, 6.45) is 2.48. The van der Waals surface area contributed by atoms with Crippen LogP contribution >= 0.6 is 12.2 Å². The Kier molecular flexibility index (Phi) is 4.30. The second-order valence-electron chi connectivity index (χ2n) is 4.37. The van der Waals surface area contributed by atoms with E-state index in [0.717, 1.165) is 31.1 Å². The quantitative estimate of drug-likeness (QED) is 0.811. The predicted octanol–water partition coefficient (Wildman–Crippen LogP) is 1.69. The van der Waals surface area contributed by atoms with Crippen LogP contribution in [0.15, 0.2) is 6.07 Å². The highest BCUT2D eigenvalue weighted by atomic mass is 32.1. The van der Waals surface area contributed by atoms with E-state index in [1.807, 2.05) is 19.9 Å². The molecule has 0 amide bonds. The lowest BCUT2D eigenvalue weighted by Crippen LogP contribution is -2.29. The summed E-state index contributed by atoms with van der Waals surface area (Å²) < 4.78 is 0. The van der Waals surface area contributed by atoms with Gasteiger partial charge in [0.2, 0.25) is 5.95 Å². The van der Waals surface area contributed by atoms with E-state index < -0.39 is 0 Å². The monoisotopic (exact) mass is 265 g/mol. The zero-order valence-electron chi connectivity index (χ0n) is 10.9. The fourth-order valence-electron chi connectivity index (χ4n) is 2.02. The molecule has 1 fully saturated rings. The molecule has 98 valence electrons. The van der Waals surface area contributed by atoms with Crippen LogP contribution in [0.2, 0.25) is 0 Å². The number of hydrogen-bond acceptors (Lipinski definition) is 4. The van der Waals surface area contributed by atoms with E-state index in [4.69, 9.17) is 12.2 Å². The van der Waals surface area contributed by atoms with Crippen LogP contribution in [-0.2, 0) is 0 Å². The van der Waals surface area contributed by atoms with Gasteiger partial charge in [-0.3, -0.25) is 0 Å². The first-order chi connectivity index (χ1) is 8.69. The SMILES string of the molecule is CCNC(=S)Nc1nc(C)cc(N2CCCC2)n1. The number of aryl methyl sites for hydroxylation is 1. The van der Waals surface area contributed by atoms with Gasteiger partial charge in [-0.1, -0.05) is 0 Å². The number of nitrogens with one attached hydrogen (secondary N) is 2. The van der Waals surface area contributed by atoms with E-state index in [1.54, 1.807) is 0 Å². The number of rotatable bonds is 3. The summed E-state index contributed by atoms with van der Waals surface area (Å²) in [6.45, 7) is 6.92. The fourth-order valence-corrected chi connectivity index (χ4v) is 2.26. The summed E-state index contributed by atoms with van der Waals surface area (Å²) in [5.41, 5.74) is 0.952. The van der Waals surface area contributed by atoms with Crippen molar-refractivity contribution in [2.45, 2.75) is 26.7 Å². The van der Waals surface area contributed by atoms with E-state index in [9.17, 15) is 0 Å². The van der Waals surface area contributed by atoms with Crippen molar-refractivity contribution in [3.63, 3.8) is 0 Å². The minimum atomic E-state index is 0.565. The van der Waals surface area contributed by atoms with Crippen LogP contribution in [0.5, 0.6) is 0 Å². The molecule has 0 atom stereocenters. The Morgan fingerprint density at radius 3 is 2.78 bits per heavy atom. The Morgan fingerprint density at radius 2 is 2.11 bits per heavy atom. The normalized spacial score (nSPS) is 14.7. The zero-order chi connectivity index (χ0) is 13.0. The summed E-state index contributed by atoms with van der Waals surface area (Å²) >= 11 is 5.14. The van der Waals surface area contributed by atoms with E-state index in [0.29, 0.717) is 11.1 Å². The molecular formula is C12H19N5S. The zero-order valence-corrected chi connectivity index (χ0v) is 11.7. The van der Waals surface area contributed by atoms with Gasteiger partial charge >= 0.3 is 0 Å². The molecule has 18 heavy (non-hydrogen) atoms. The third kappa shape index (κ3) is 3.29. The lowest BCUT2D eigenvalue weighted by molar-refractivity contribution is 0.921. The molecule has 0 aromatic carbocycles. The Labute approximate surface area is 113 Å². The smallest absolute Gasteiger partial charge is 0.231 e. The summed E-state index contributed by atoms with van der Waals surface area (Å²) in [4.78, 5) is 11.2. The van der Waals surface area contributed by atoms with Crippen LogP contribution in [0.1, 0.15) is 25.5 Å². The molecule has 2 heterocycles. The standard InChI is InChI=1S/C12H19N5S/c1-3-13-12(18)16-11-14-9(2)8-10(15-11)17-6-4-5-7-17/h8H,3-7H2,1-2H3,(H2,13,14,15,16,18). The second kappa shape index (κ2) is 5.95. The summed E-state index contributed by atoms with van der Waals surface area (Å²) in [5.74, 6) is 1.56. The first-order valence-electron chi connectivity index (χ1n) is 6.34. The maximum absolute atomic E-state index is 5.14. The van der Waals surface area contributed by atoms with Gasteiger partial charge in [-0.2, -0.15) is 4.98 Å². The molecule has 0 bridgehead atoms. The van der Waals surface area contributed by atoms with Gasteiger partial charge in [-0.05, 0) is 38.9 Å². The van der Waals surface area contributed by atoms with Crippen LogP contribution in [0, 0.1) is 6.92 Å². The van der Waals surface area contributed by atoms with Gasteiger partial charge in [0.25, 0.3) is 0 Å². The molecule has 0 saturated carbocycles. The van der Waals surface area contributed by atoms with Gasteiger partial charge < -0.3 is 15.5 Å². The molecule has 2 rings (SSSR count). The van der Waals surface area contributed by atoms with Crippen LogP contribution in [0.3, 0.4) is 0 Å². The summed E-state index contributed by atoms with van der Waals surface area (Å²) in [5, 5.41) is 6.61. The van der Waals surface area contributed by atoms with Crippen LogP contribution in [0.25, 0.3) is 0 Å². The minimum absolute atomic E-state index is 0.565. The average molecular weight is 265 g/mol. The lowest BCUT2D eigenvalue weighted by Gasteiger charge is -2.17. The topological polar surface area (TPSA) is 53.1 Å². The molecule has 2 N–H and O–H groups in total. The van der Waals surface area contributed by atoms with Crippen LogP contribution in [0.4, 0.5) is 11.8 Å². The highest BCUT2D eigenvalue weighted by Crippen LogP contribution is 2.19. The number of nitrogens with zero attached hydrogens (tertiary/aromatic N) is 3. The molecule has 1 aromatic rings. The molecule has 1 aliphatic rings. The maximum Gasteiger partial charge on any atom is 0.231 e. The van der Waals surface area contributed by atoms with Crippen molar-refractivity contribution >= 4 is 29.1 Å². The number of anilines is 2. The number of hydrogen-bond donors (Lipinski definition) is 2. The average Bonchev–Trinajstić information content (AvgIpc) is 2.81.